The van der Waals surface area contributed by atoms with Crippen molar-refractivity contribution in [3.05, 3.63) is 34.3 Å². The number of aromatic nitrogens is 3. The Kier molecular flexibility index (Phi) is 3.99. The summed E-state index contributed by atoms with van der Waals surface area (Å²) in [7, 11) is 0. The largest absolute Gasteiger partial charge is 0.432 e. The summed E-state index contributed by atoms with van der Waals surface area (Å²) in [6.45, 7) is 2.48. The van der Waals surface area contributed by atoms with Gasteiger partial charge in [-0.15, -0.1) is 11.3 Å². The molecular formula is C13H15F3N4S. The van der Waals surface area contributed by atoms with Gasteiger partial charge in [-0.05, 0) is 19.4 Å². The molecule has 0 aliphatic carbocycles. The Morgan fingerprint density at radius 3 is 2.90 bits per heavy atom. The quantitative estimate of drug-likeness (QED) is 0.945. The molecule has 1 atom stereocenters. The molecule has 0 saturated carbocycles. The van der Waals surface area contributed by atoms with Crippen LogP contribution in [0.1, 0.15) is 35.2 Å². The number of nitrogens with one attached hydrogen (secondary N) is 1. The van der Waals surface area contributed by atoms with Crippen molar-refractivity contribution in [2.75, 3.05) is 13.1 Å². The van der Waals surface area contributed by atoms with Crippen LogP contribution < -0.4 is 0 Å². The van der Waals surface area contributed by atoms with Crippen molar-refractivity contribution in [2.45, 2.75) is 31.5 Å². The Labute approximate surface area is 124 Å². The van der Waals surface area contributed by atoms with Gasteiger partial charge in [0.25, 0.3) is 0 Å². The Morgan fingerprint density at radius 1 is 1.38 bits per heavy atom. The molecule has 0 bridgehead atoms. The molecular weight excluding hydrogens is 301 g/mol. The SMILES string of the molecule is FC(F)(F)c1cnc([C@@H]2CCCN(Cc3cncs3)C2)[nH]1. The first kappa shape index (κ1) is 14.5. The topological polar surface area (TPSA) is 44.8 Å². The van der Waals surface area contributed by atoms with E-state index in [-0.39, 0.29) is 5.92 Å². The molecule has 2 aromatic heterocycles. The van der Waals surface area contributed by atoms with Crippen LogP contribution in [0.15, 0.2) is 17.9 Å². The van der Waals surface area contributed by atoms with Crippen LogP contribution in [0.5, 0.6) is 0 Å². The van der Waals surface area contributed by atoms with Crippen molar-refractivity contribution in [2.24, 2.45) is 0 Å². The number of halogens is 3. The van der Waals surface area contributed by atoms with E-state index in [1.165, 1.54) is 4.88 Å². The first-order valence-electron chi connectivity index (χ1n) is 6.74. The Bertz CT molecular complexity index is 579. The zero-order valence-corrected chi connectivity index (χ0v) is 12.0. The maximum absolute atomic E-state index is 12.6. The van der Waals surface area contributed by atoms with Gasteiger partial charge in [0.05, 0.1) is 11.7 Å². The van der Waals surface area contributed by atoms with E-state index >= 15 is 0 Å². The third-order valence-corrected chi connectivity index (χ3v) is 4.42. The summed E-state index contributed by atoms with van der Waals surface area (Å²) >= 11 is 1.60. The fourth-order valence-electron chi connectivity index (χ4n) is 2.65. The molecule has 3 rings (SSSR count). The molecule has 1 N–H and O–H groups in total. The highest BCUT2D eigenvalue weighted by Gasteiger charge is 2.34. The standard InChI is InChI=1S/C13H15F3N4S/c14-13(15,16)11-5-18-12(19-11)9-2-1-3-20(6-9)7-10-4-17-8-21-10/h4-5,8-9H,1-3,6-7H2,(H,18,19)/t9-/m1/s1. The Morgan fingerprint density at radius 2 is 2.24 bits per heavy atom. The highest BCUT2D eigenvalue weighted by atomic mass is 32.1. The van der Waals surface area contributed by atoms with Gasteiger partial charge in [0.2, 0.25) is 0 Å². The van der Waals surface area contributed by atoms with Gasteiger partial charge in [-0.25, -0.2) is 4.98 Å². The molecule has 0 aromatic carbocycles. The monoisotopic (exact) mass is 316 g/mol. The summed E-state index contributed by atoms with van der Waals surface area (Å²) in [5.74, 6) is 0.471. The van der Waals surface area contributed by atoms with Crippen LogP contribution in [-0.2, 0) is 12.7 Å². The van der Waals surface area contributed by atoms with Crippen molar-refractivity contribution in [1.82, 2.24) is 19.9 Å². The second kappa shape index (κ2) is 5.76. The second-order valence-electron chi connectivity index (χ2n) is 5.22. The van der Waals surface area contributed by atoms with Crippen LogP contribution in [0.25, 0.3) is 0 Å². The number of nitrogens with zero attached hydrogens (tertiary/aromatic N) is 3. The van der Waals surface area contributed by atoms with Crippen molar-refractivity contribution >= 4 is 11.3 Å². The number of imidazole rings is 1. The van der Waals surface area contributed by atoms with Crippen LogP contribution in [0, 0.1) is 0 Å². The lowest BCUT2D eigenvalue weighted by molar-refractivity contribution is -0.141. The lowest BCUT2D eigenvalue weighted by atomic mass is 9.97. The molecule has 0 radical (unpaired) electrons. The molecule has 3 heterocycles. The minimum atomic E-state index is -4.36. The normalized spacial score (nSPS) is 20.8. The number of rotatable bonds is 3. The molecule has 114 valence electrons. The fraction of sp³-hybridized carbons (Fsp3) is 0.538. The number of piperidine rings is 1. The van der Waals surface area contributed by atoms with Gasteiger partial charge in [-0.1, -0.05) is 0 Å². The van der Waals surface area contributed by atoms with Gasteiger partial charge >= 0.3 is 6.18 Å². The highest BCUT2D eigenvalue weighted by Crippen LogP contribution is 2.31. The molecule has 1 aliphatic heterocycles. The first-order chi connectivity index (χ1) is 10.0. The van der Waals surface area contributed by atoms with Crippen molar-refractivity contribution in [3.63, 3.8) is 0 Å². The van der Waals surface area contributed by atoms with Gasteiger partial charge in [-0.2, -0.15) is 13.2 Å². The third kappa shape index (κ3) is 3.44. The van der Waals surface area contributed by atoms with E-state index in [2.05, 4.69) is 19.9 Å². The van der Waals surface area contributed by atoms with E-state index < -0.39 is 11.9 Å². The molecule has 21 heavy (non-hydrogen) atoms. The number of hydrogen-bond acceptors (Lipinski definition) is 4. The maximum Gasteiger partial charge on any atom is 0.432 e. The molecule has 1 saturated heterocycles. The number of alkyl halides is 3. The van der Waals surface area contributed by atoms with Gasteiger partial charge in [0.1, 0.15) is 11.5 Å². The Balaban J connectivity index is 1.67. The molecule has 1 aliphatic rings. The first-order valence-corrected chi connectivity index (χ1v) is 7.62. The summed E-state index contributed by atoms with van der Waals surface area (Å²) in [6.07, 6.45) is 0.193. The predicted octanol–water partition coefficient (Wildman–Crippen LogP) is 3.26. The summed E-state index contributed by atoms with van der Waals surface area (Å²) in [5.41, 5.74) is 1.02. The van der Waals surface area contributed by atoms with Crippen molar-refractivity contribution < 1.29 is 13.2 Å². The summed E-state index contributed by atoms with van der Waals surface area (Å²) in [5, 5.41) is 0. The fourth-order valence-corrected chi connectivity index (χ4v) is 3.29. The highest BCUT2D eigenvalue weighted by molar-refractivity contribution is 7.09. The van der Waals surface area contributed by atoms with E-state index in [1.807, 2.05) is 6.20 Å². The molecule has 2 aromatic rings. The van der Waals surface area contributed by atoms with Crippen LogP contribution in [0.3, 0.4) is 0 Å². The Hall–Kier alpha value is -1.41. The van der Waals surface area contributed by atoms with Crippen molar-refractivity contribution in [1.29, 1.82) is 0 Å². The average Bonchev–Trinajstić information content (AvgIpc) is 3.09. The smallest absolute Gasteiger partial charge is 0.338 e. The zero-order valence-electron chi connectivity index (χ0n) is 11.2. The average molecular weight is 316 g/mol. The van der Waals surface area contributed by atoms with Crippen LogP contribution in [0.4, 0.5) is 13.2 Å². The van der Waals surface area contributed by atoms with E-state index in [9.17, 15) is 13.2 Å². The molecule has 0 spiro atoms. The zero-order chi connectivity index (χ0) is 14.9. The van der Waals surface area contributed by atoms with E-state index in [4.69, 9.17) is 0 Å². The molecule has 8 heteroatoms. The minimum absolute atomic E-state index is 0.0303. The van der Waals surface area contributed by atoms with Crippen LogP contribution >= 0.6 is 11.3 Å². The number of likely N-dealkylation sites (tertiary alicyclic amines) is 1. The van der Waals surface area contributed by atoms with Gasteiger partial charge < -0.3 is 4.98 Å². The number of thiazole rings is 1. The number of aromatic amines is 1. The summed E-state index contributed by atoms with van der Waals surface area (Å²) < 4.78 is 37.8. The van der Waals surface area contributed by atoms with Crippen molar-refractivity contribution in [3.8, 4) is 0 Å². The van der Waals surface area contributed by atoms with Gasteiger partial charge in [-0.3, -0.25) is 9.88 Å². The minimum Gasteiger partial charge on any atom is -0.338 e. The number of H-pyrrole nitrogens is 1. The molecule has 4 nitrogen and oxygen atoms in total. The number of hydrogen-bond donors (Lipinski definition) is 1. The second-order valence-corrected chi connectivity index (χ2v) is 6.19. The predicted molar refractivity (Wildman–Crippen MR) is 73.0 cm³/mol. The van der Waals surface area contributed by atoms with Crippen LogP contribution in [0.2, 0.25) is 0 Å². The molecule has 0 unspecified atom stereocenters. The van der Waals surface area contributed by atoms with E-state index in [0.29, 0.717) is 5.82 Å². The summed E-state index contributed by atoms with van der Waals surface area (Å²) in [4.78, 5) is 13.8. The lowest BCUT2D eigenvalue weighted by Gasteiger charge is -2.31. The van der Waals surface area contributed by atoms with Gasteiger partial charge in [0, 0.05) is 30.1 Å². The third-order valence-electron chi connectivity index (χ3n) is 3.66. The lowest BCUT2D eigenvalue weighted by Crippen LogP contribution is -2.34. The molecule has 1 fully saturated rings. The van der Waals surface area contributed by atoms with E-state index in [0.717, 1.165) is 38.7 Å². The van der Waals surface area contributed by atoms with Gasteiger partial charge in [0.15, 0.2) is 0 Å². The molecule has 0 amide bonds. The maximum atomic E-state index is 12.6. The van der Waals surface area contributed by atoms with E-state index in [1.54, 1.807) is 16.8 Å². The summed E-state index contributed by atoms with van der Waals surface area (Å²) in [6, 6.07) is 0. The van der Waals surface area contributed by atoms with Crippen LogP contribution in [-0.4, -0.2) is 32.9 Å².